The average Bonchev–Trinajstić information content (AvgIpc) is 3.85. The number of anilines is 9. The third kappa shape index (κ3) is 7.68. The molecule has 4 nitrogen and oxygen atoms in total. The molecule has 1 aromatic heterocycles. The van der Waals surface area contributed by atoms with Crippen LogP contribution in [0.3, 0.4) is 0 Å². The lowest BCUT2D eigenvalue weighted by Gasteiger charge is -2.31. The molecule has 0 aliphatic carbocycles. The largest absolute Gasteiger partial charge is 0.455 e. The van der Waals surface area contributed by atoms with Gasteiger partial charge in [-0.1, -0.05) is 182 Å². The Hall–Kier alpha value is -9.64. The molecule has 0 unspecified atom stereocenters. The quantitative estimate of drug-likeness (QED) is 0.121. The second-order valence-electron chi connectivity index (χ2n) is 18.1. The molecule has 0 amide bonds. The lowest BCUT2D eigenvalue weighted by atomic mass is 9.96. The van der Waals surface area contributed by atoms with Crippen LogP contribution in [-0.4, -0.2) is 0 Å². The Morgan fingerprint density at radius 3 is 1.32 bits per heavy atom. The highest BCUT2D eigenvalue weighted by atomic mass is 16.3. The maximum atomic E-state index is 6.74. The number of hydrogen-bond acceptors (Lipinski definition) is 4. The number of para-hydroxylation sites is 5. The van der Waals surface area contributed by atoms with Crippen molar-refractivity contribution in [2.45, 2.75) is 0 Å². The lowest BCUT2D eigenvalue weighted by Crippen LogP contribution is -2.15. The summed E-state index contributed by atoms with van der Waals surface area (Å²) in [6.07, 6.45) is 0. The van der Waals surface area contributed by atoms with Crippen molar-refractivity contribution in [3.63, 3.8) is 0 Å². The van der Waals surface area contributed by atoms with Crippen LogP contribution in [-0.2, 0) is 0 Å². The highest BCUT2D eigenvalue weighted by molar-refractivity contribution is 6.30. The maximum absolute atomic E-state index is 6.74. The SMILES string of the molecule is c1ccc(-c2cccc(-c3ccccc3N(c3ccccc3)c3cccc(N(c4cccc(N(c5ccccc5)c5ccccc5)c4)c4ccc5c6ccccc6c6oc7ccccc7c6c5c4)c3)c2)cc1. The van der Waals surface area contributed by atoms with E-state index in [2.05, 4.69) is 300 Å². The van der Waals surface area contributed by atoms with Gasteiger partial charge in [0.25, 0.3) is 0 Å². The zero-order chi connectivity index (χ0) is 47.8. The minimum absolute atomic E-state index is 0.878. The molecule has 13 rings (SSSR count). The van der Waals surface area contributed by atoms with Crippen molar-refractivity contribution >= 4 is 94.7 Å². The van der Waals surface area contributed by atoms with Crippen LogP contribution in [0.4, 0.5) is 51.2 Å². The van der Waals surface area contributed by atoms with E-state index < -0.39 is 0 Å². The summed E-state index contributed by atoms with van der Waals surface area (Å²) < 4.78 is 6.74. The molecule has 0 N–H and O–H groups in total. The van der Waals surface area contributed by atoms with E-state index in [4.69, 9.17) is 4.42 Å². The van der Waals surface area contributed by atoms with E-state index in [1.807, 2.05) is 0 Å². The molecule has 4 heteroatoms. The van der Waals surface area contributed by atoms with Crippen LogP contribution in [0.15, 0.2) is 290 Å². The normalized spacial score (nSPS) is 11.3. The van der Waals surface area contributed by atoms with E-state index in [1.165, 1.54) is 16.5 Å². The summed E-state index contributed by atoms with van der Waals surface area (Å²) in [6, 6.07) is 102. The molecule has 0 saturated heterocycles. The van der Waals surface area contributed by atoms with Gasteiger partial charge in [-0.2, -0.15) is 0 Å². The van der Waals surface area contributed by atoms with Crippen LogP contribution in [0.5, 0.6) is 0 Å². The second kappa shape index (κ2) is 18.4. The third-order valence-electron chi connectivity index (χ3n) is 13.7. The number of hydrogen-bond donors (Lipinski definition) is 0. The molecular weight excluding hydrogens is 875 g/mol. The first-order valence-electron chi connectivity index (χ1n) is 24.5. The van der Waals surface area contributed by atoms with Gasteiger partial charge in [-0.25, -0.2) is 0 Å². The molecule has 340 valence electrons. The van der Waals surface area contributed by atoms with Crippen LogP contribution >= 0.6 is 0 Å². The van der Waals surface area contributed by atoms with Crippen molar-refractivity contribution in [1.82, 2.24) is 0 Å². The van der Waals surface area contributed by atoms with E-state index in [-0.39, 0.29) is 0 Å². The third-order valence-corrected chi connectivity index (χ3v) is 13.7. The van der Waals surface area contributed by atoms with Gasteiger partial charge < -0.3 is 19.1 Å². The summed E-state index contributed by atoms with van der Waals surface area (Å²) in [4.78, 5) is 7.12. The summed E-state index contributed by atoms with van der Waals surface area (Å²) >= 11 is 0. The Kier molecular flexibility index (Phi) is 10.8. The van der Waals surface area contributed by atoms with E-state index >= 15 is 0 Å². The van der Waals surface area contributed by atoms with Gasteiger partial charge in [0.05, 0.1) is 5.69 Å². The van der Waals surface area contributed by atoms with Crippen molar-refractivity contribution in [3.05, 3.63) is 285 Å². The summed E-state index contributed by atoms with van der Waals surface area (Å²) in [5, 5.41) is 6.80. The van der Waals surface area contributed by atoms with E-state index in [1.54, 1.807) is 0 Å². The molecule has 0 spiro atoms. The lowest BCUT2D eigenvalue weighted by molar-refractivity contribution is 0.673. The predicted octanol–water partition coefficient (Wildman–Crippen LogP) is 19.6. The van der Waals surface area contributed by atoms with E-state index in [9.17, 15) is 0 Å². The van der Waals surface area contributed by atoms with Gasteiger partial charge in [0.15, 0.2) is 0 Å². The van der Waals surface area contributed by atoms with Crippen LogP contribution in [0.1, 0.15) is 0 Å². The minimum Gasteiger partial charge on any atom is -0.455 e. The Balaban J connectivity index is 1.03. The first-order valence-corrected chi connectivity index (χ1v) is 24.5. The number of furan rings is 1. The maximum Gasteiger partial charge on any atom is 0.143 e. The number of fused-ring (bicyclic) bond motifs is 8. The number of rotatable bonds is 11. The fraction of sp³-hybridized carbons (Fsp3) is 0. The molecule has 12 aromatic carbocycles. The summed E-state index contributed by atoms with van der Waals surface area (Å²) in [5.41, 5.74) is 15.8. The molecule has 0 bridgehead atoms. The van der Waals surface area contributed by atoms with Gasteiger partial charge in [-0.15, -0.1) is 0 Å². The molecule has 72 heavy (non-hydrogen) atoms. The second-order valence-corrected chi connectivity index (χ2v) is 18.1. The fourth-order valence-electron chi connectivity index (χ4n) is 10.5. The van der Waals surface area contributed by atoms with Crippen LogP contribution in [0.2, 0.25) is 0 Å². The van der Waals surface area contributed by atoms with Crippen LogP contribution < -0.4 is 14.7 Å². The molecule has 0 aliphatic rings. The molecule has 1 heterocycles. The Morgan fingerprint density at radius 1 is 0.236 bits per heavy atom. The topological polar surface area (TPSA) is 22.9 Å². The Morgan fingerprint density at radius 2 is 0.667 bits per heavy atom. The first-order chi connectivity index (χ1) is 35.7. The first kappa shape index (κ1) is 42.5. The van der Waals surface area contributed by atoms with Crippen molar-refractivity contribution in [2.75, 3.05) is 14.7 Å². The zero-order valence-electron chi connectivity index (χ0n) is 39.4. The molecule has 0 fully saturated rings. The average molecular weight is 922 g/mol. The van der Waals surface area contributed by atoms with Gasteiger partial charge in [-0.3, -0.25) is 0 Å². The van der Waals surface area contributed by atoms with Gasteiger partial charge >= 0.3 is 0 Å². The Bertz CT molecular complexity index is 4020. The monoisotopic (exact) mass is 921 g/mol. The molecular formula is C68H47N3O. The van der Waals surface area contributed by atoms with Gasteiger partial charge in [0.1, 0.15) is 11.2 Å². The molecule has 13 aromatic rings. The van der Waals surface area contributed by atoms with Gasteiger partial charge in [0, 0.05) is 67.2 Å². The number of benzene rings is 12. The Labute approximate surface area is 419 Å². The summed E-state index contributed by atoms with van der Waals surface area (Å²) in [7, 11) is 0. The van der Waals surface area contributed by atoms with Crippen LogP contribution in [0.25, 0.3) is 65.7 Å². The molecule has 0 atom stereocenters. The summed E-state index contributed by atoms with van der Waals surface area (Å²) in [6.45, 7) is 0. The van der Waals surface area contributed by atoms with E-state index in [0.717, 1.165) is 100 Å². The van der Waals surface area contributed by atoms with Crippen molar-refractivity contribution in [1.29, 1.82) is 0 Å². The van der Waals surface area contributed by atoms with Gasteiger partial charge in [-0.05, 0) is 136 Å². The standard InChI is InChI=1S/C68H47N3O/c1-5-22-48(23-6-1)49-24-19-25-50(44-49)59-36-15-17-40-65(59)71(53-30-11-4-12-31-53)57-35-21-34-56(46-57)70(55-33-20-32-54(45-55)69(51-26-7-2-8-27-51)52-28-9-3-10-29-52)58-42-43-61-60-37-13-14-38-62(60)68-67(64(61)47-58)63-39-16-18-41-66(63)72-68/h1-47H. The molecule has 0 saturated carbocycles. The van der Waals surface area contributed by atoms with Crippen LogP contribution in [0, 0.1) is 0 Å². The predicted molar refractivity (Wildman–Crippen MR) is 304 cm³/mol. The van der Waals surface area contributed by atoms with E-state index in [0.29, 0.717) is 0 Å². The number of nitrogens with zero attached hydrogens (tertiary/aromatic N) is 3. The molecule has 0 aliphatic heterocycles. The van der Waals surface area contributed by atoms with Gasteiger partial charge in [0.2, 0.25) is 0 Å². The zero-order valence-corrected chi connectivity index (χ0v) is 39.4. The highest BCUT2D eigenvalue weighted by Crippen LogP contribution is 2.48. The minimum atomic E-state index is 0.878. The van der Waals surface area contributed by atoms with Crippen molar-refractivity contribution in [3.8, 4) is 22.3 Å². The molecule has 0 radical (unpaired) electrons. The fourth-order valence-corrected chi connectivity index (χ4v) is 10.5. The highest BCUT2D eigenvalue weighted by Gasteiger charge is 2.23. The smallest absolute Gasteiger partial charge is 0.143 e. The van der Waals surface area contributed by atoms with Crippen molar-refractivity contribution in [2.24, 2.45) is 0 Å². The summed E-state index contributed by atoms with van der Waals surface area (Å²) in [5.74, 6) is 0. The van der Waals surface area contributed by atoms with Crippen molar-refractivity contribution < 1.29 is 4.42 Å².